The molecule has 2 aromatic rings. The van der Waals surface area contributed by atoms with Crippen molar-refractivity contribution < 1.29 is 14.3 Å². The van der Waals surface area contributed by atoms with Crippen molar-refractivity contribution in [2.24, 2.45) is 11.1 Å². The molecule has 0 aliphatic heterocycles. The Morgan fingerprint density at radius 2 is 1.69 bits per heavy atom. The van der Waals surface area contributed by atoms with Crippen LogP contribution in [0.1, 0.15) is 62.1 Å². The van der Waals surface area contributed by atoms with Crippen molar-refractivity contribution in [3.8, 4) is 0 Å². The molecule has 2 amide bonds. The average Bonchev–Trinajstić information content (AvgIpc) is 2.85. The summed E-state index contributed by atoms with van der Waals surface area (Å²) in [5, 5.41) is 5.95. The largest absolute Gasteiger partial charge is 0.445 e. The second-order valence-electron chi connectivity index (χ2n) is 8.66. The zero-order chi connectivity index (χ0) is 22.8. The Morgan fingerprint density at radius 3 is 2.38 bits per heavy atom. The lowest BCUT2D eigenvalue weighted by Gasteiger charge is -2.42. The van der Waals surface area contributed by atoms with Gasteiger partial charge in [-0.15, -0.1) is 0 Å². The van der Waals surface area contributed by atoms with Gasteiger partial charge in [0.1, 0.15) is 12.6 Å². The Kier molecular flexibility index (Phi) is 8.68. The molecule has 6 heteroatoms. The molecule has 6 nitrogen and oxygen atoms in total. The minimum atomic E-state index is -0.631. The maximum atomic E-state index is 13.3. The van der Waals surface area contributed by atoms with E-state index in [9.17, 15) is 9.59 Å². The molecule has 0 heterocycles. The van der Waals surface area contributed by atoms with Gasteiger partial charge in [0.25, 0.3) is 0 Å². The lowest BCUT2D eigenvalue weighted by atomic mass is 9.67. The number of alkyl carbamates (subject to hydrolysis) is 1. The zero-order valence-electron chi connectivity index (χ0n) is 18.9. The van der Waals surface area contributed by atoms with E-state index in [1.54, 1.807) is 0 Å². The number of amides is 2. The highest BCUT2D eigenvalue weighted by Gasteiger charge is 2.43. The van der Waals surface area contributed by atoms with Crippen LogP contribution in [-0.4, -0.2) is 18.0 Å². The summed E-state index contributed by atoms with van der Waals surface area (Å²) in [6, 6.07) is 16.8. The highest BCUT2D eigenvalue weighted by atomic mass is 16.5. The molecule has 2 aromatic carbocycles. The van der Waals surface area contributed by atoms with Gasteiger partial charge in [-0.1, -0.05) is 80.8 Å². The number of ether oxygens (including phenoxy) is 1. The van der Waals surface area contributed by atoms with E-state index >= 15 is 0 Å². The summed E-state index contributed by atoms with van der Waals surface area (Å²) >= 11 is 0. The number of hydrogen-bond donors (Lipinski definition) is 3. The number of rotatable bonds is 9. The maximum Gasteiger partial charge on any atom is 0.408 e. The second-order valence-corrected chi connectivity index (χ2v) is 8.66. The third-order valence-corrected chi connectivity index (χ3v) is 6.60. The van der Waals surface area contributed by atoms with E-state index in [1.807, 2.05) is 54.6 Å². The summed E-state index contributed by atoms with van der Waals surface area (Å²) in [6.45, 7) is 3.13. The lowest BCUT2D eigenvalue weighted by molar-refractivity contribution is -0.127. The van der Waals surface area contributed by atoms with E-state index in [0.717, 1.165) is 48.8 Å². The van der Waals surface area contributed by atoms with Crippen LogP contribution in [0.5, 0.6) is 0 Å². The number of benzene rings is 2. The smallest absolute Gasteiger partial charge is 0.408 e. The Labute approximate surface area is 190 Å². The van der Waals surface area contributed by atoms with Gasteiger partial charge < -0.3 is 21.1 Å². The number of carbonyl (C=O) groups is 2. The van der Waals surface area contributed by atoms with Gasteiger partial charge in [-0.2, -0.15) is 0 Å². The quantitative estimate of drug-likeness (QED) is 0.541. The van der Waals surface area contributed by atoms with E-state index in [2.05, 4.69) is 17.6 Å². The van der Waals surface area contributed by atoms with Crippen LogP contribution in [-0.2, 0) is 29.2 Å². The summed E-state index contributed by atoms with van der Waals surface area (Å²) in [6.07, 6.45) is 5.41. The van der Waals surface area contributed by atoms with Gasteiger partial charge in [-0.05, 0) is 41.4 Å². The second kappa shape index (κ2) is 11.7. The molecule has 0 radical (unpaired) electrons. The van der Waals surface area contributed by atoms with Crippen LogP contribution in [0.4, 0.5) is 4.79 Å². The molecule has 172 valence electrons. The van der Waals surface area contributed by atoms with Gasteiger partial charge in [0.05, 0.1) is 0 Å². The summed E-state index contributed by atoms with van der Waals surface area (Å²) in [7, 11) is 0. The molecule has 0 unspecified atom stereocenters. The number of nitrogens with two attached hydrogens (primary N) is 1. The molecule has 1 fully saturated rings. The van der Waals surface area contributed by atoms with Crippen molar-refractivity contribution in [2.45, 2.75) is 71.2 Å². The van der Waals surface area contributed by atoms with E-state index in [1.165, 1.54) is 6.42 Å². The predicted octanol–water partition coefficient (Wildman–Crippen LogP) is 4.42. The number of carbonyl (C=O) groups excluding carboxylic acids is 2. The van der Waals surface area contributed by atoms with E-state index in [0.29, 0.717) is 13.1 Å². The fraction of sp³-hybridized carbons (Fsp3) is 0.462. The highest BCUT2D eigenvalue weighted by Crippen LogP contribution is 2.42. The van der Waals surface area contributed by atoms with Gasteiger partial charge in [0.2, 0.25) is 5.91 Å². The molecule has 0 aromatic heterocycles. The minimum Gasteiger partial charge on any atom is -0.445 e. The molecule has 1 aliphatic carbocycles. The Bertz CT molecular complexity index is 879. The summed E-state index contributed by atoms with van der Waals surface area (Å²) < 4.78 is 5.44. The van der Waals surface area contributed by atoms with Crippen LogP contribution < -0.4 is 16.4 Å². The van der Waals surface area contributed by atoms with Gasteiger partial charge in [-0.3, -0.25) is 4.79 Å². The standard InChI is InChI=1S/C26H35N3O3/c1-2-26(14-7-4-8-15-26)23(29-25(31)32-19-20-10-5-3-6-11-20)24(30)28-18-22-13-9-12-21(16-22)17-27/h3,5-6,9-13,16,23H,2,4,7-8,14-15,17-19,27H2,1H3,(H,28,30)(H,29,31)/t23-/m1/s1. The number of nitrogens with one attached hydrogen (secondary N) is 2. The first-order chi connectivity index (χ1) is 15.6. The molecule has 1 atom stereocenters. The van der Waals surface area contributed by atoms with Crippen molar-refractivity contribution >= 4 is 12.0 Å². The van der Waals surface area contributed by atoms with Crippen LogP contribution >= 0.6 is 0 Å². The SMILES string of the molecule is CCC1([C@H](NC(=O)OCc2ccccc2)C(=O)NCc2cccc(CN)c2)CCCCC1. The summed E-state index contributed by atoms with van der Waals surface area (Å²) in [4.78, 5) is 26.0. The molecule has 3 rings (SSSR count). The van der Waals surface area contributed by atoms with Gasteiger partial charge >= 0.3 is 6.09 Å². The summed E-state index contributed by atoms with van der Waals surface area (Å²) in [5.74, 6) is -0.163. The maximum absolute atomic E-state index is 13.3. The average molecular weight is 438 g/mol. The first kappa shape index (κ1) is 23.8. The molecular formula is C26H35N3O3. The van der Waals surface area contributed by atoms with E-state index < -0.39 is 12.1 Å². The molecule has 32 heavy (non-hydrogen) atoms. The minimum absolute atomic E-state index is 0.163. The van der Waals surface area contributed by atoms with Crippen molar-refractivity contribution in [3.05, 3.63) is 71.3 Å². The van der Waals surface area contributed by atoms with Gasteiger partial charge in [0, 0.05) is 13.1 Å². The number of hydrogen-bond acceptors (Lipinski definition) is 4. The molecule has 0 spiro atoms. The van der Waals surface area contributed by atoms with Crippen LogP contribution in [0.3, 0.4) is 0 Å². The monoisotopic (exact) mass is 437 g/mol. The van der Waals surface area contributed by atoms with Crippen LogP contribution in [0.2, 0.25) is 0 Å². The molecule has 0 bridgehead atoms. The van der Waals surface area contributed by atoms with Crippen LogP contribution in [0, 0.1) is 5.41 Å². The molecule has 1 saturated carbocycles. The van der Waals surface area contributed by atoms with Crippen molar-refractivity contribution in [1.29, 1.82) is 0 Å². The fourth-order valence-corrected chi connectivity index (χ4v) is 4.64. The molecule has 0 saturated heterocycles. The lowest BCUT2D eigenvalue weighted by Crippen LogP contribution is -2.56. The molecule has 1 aliphatic rings. The third kappa shape index (κ3) is 6.33. The van der Waals surface area contributed by atoms with Crippen molar-refractivity contribution in [2.75, 3.05) is 0 Å². The fourth-order valence-electron chi connectivity index (χ4n) is 4.64. The highest BCUT2D eigenvalue weighted by molar-refractivity contribution is 5.86. The third-order valence-electron chi connectivity index (χ3n) is 6.60. The van der Waals surface area contributed by atoms with Crippen LogP contribution in [0.15, 0.2) is 54.6 Å². The first-order valence-corrected chi connectivity index (χ1v) is 11.6. The van der Waals surface area contributed by atoms with Gasteiger partial charge in [0.15, 0.2) is 0 Å². The normalized spacial score (nSPS) is 16.1. The van der Waals surface area contributed by atoms with Crippen molar-refractivity contribution in [1.82, 2.24) is 10.6 Å². The molecule has 4 N–H and O–H groups in total. The molecular weight excluding hydrogens is 402 g/mol. The van der Waals surface area contributed by atoms with Crippen LogP contribution in [0.25, 0.3) is 0 Å². The van der Waals surface area contributed by atoms with Crippen molar-refractivity contribution in [3.63, 3.8) is 0 Å². The Morgan fingerprint density at radius 1 is 1.00 bits per heavy atom. The predicted molar refractivity (Wildman–Crippen MR) is 126 cm³/mol. The zero-order valence-corrected chi connectivity index (χ0v) is 18.9. The van der Waals surface area contributed by atoms with E-state index in [-0.39, 0.29) is 17.9 Å². The summed E-state index contributed by atoms with van der Waals surface area (Å²) in [5.41, 5.74) is 8.39. The van der Waals surface area contributed by atoms with Gasteiger partial charge in [-0.25, -0.2) is 4.79 Å². The Hall–Kier alpha value is -2.86. The Balaban J connectivity index is 1.69. The topological polar surface area (TPSA) is 93.4 Å². The van der Waals surface area contributed by atoms with E-state index in [4.69, 9.17) is 10.5 Å². The first-order valence-electron chi connectivity index (χ1n) is 11.6.